The lowest BCUT2D eigenvalue weighted by Gasteiger charge is -2.31. The number of aryl methyl sites for hydroxylation is 1. The minimum atomic E-state index is -5.04. The van der Waals surface area contributed by atoms with Gasteiger partial charge in [-0.05, 0) is 48.9 Å². The number of amides is 1. The maximum Gasteiger partial charge on any atom is 0.406 e. The second kappa shape index (κ2) is 10.7. The Morgan fingerprint density at radius 3 is 2.70 bits per heavy atom. The van der Waals surface area contributed by atoms with Crippen LogP contribution < -0.4 is 10.9 Å². The number of esters is 1. The van der Waals surface area contributed by atoms with Crippen LogP contribution in [0.15, 0.2) is 23.1 Å². The van der Waals surface area contributed by atoms with Gasteiger partial charge in [0.15, 0.2) is 11.5 Å². The molecule has 0 saturated carbocycles. The fraction of sp³-hybridized carbons (Fsp3) is 0.419. The lowest BCUT2D eigenvalue weighted by atomic mass is 9.81. The van der Waals surface area contributed by atoms with E-state index in [2.05, 4.69) is 15.6 Å². The van der Waals surface area contributed by atoms with Crippen LogP contribution in [0, 0.1) is 12.7 Å². The van der Waals surface area contributed by atoms with Crippen LogP contribution in [0.2, 0.25) is 0 Å². The smallest absolute Gasteiger partial charge is 0.406 e. The molecule has 5 heterocycles. The number of aliphatic hydroxyl groups excluding tert-OH is 1. The normalized spacial score (nSPS) is 20.4. The molecule has 3 aromatic heterocycles. The van der Waals surface area contributed by atoms with Crippen LogP contribution in [-0.2, 0) is 46.0 Å². The first kappa shape index (κ1) is 30.9. The summed E-state index contributed by atoms with van der Waals surface area (Å²) in [6, 6.07) is 1.70. The summed E-state index contributed by atoms with van der Waals surface area (Å²) in [6.07, 6.45) is -3.82. The summed E-state index contributed by atoms with van der Waals surface area (Å²) in [5.74, 6) is -5.50. The lowest BCUT2D eigenvalue weighted by molar-refractivity contribution is -0.172. The highest BCUT2D eigenvalue weighted by molar-refractivity contribution is 5.94. The number of carbonyl (C=O) groups excluding carboxylic acids is 2. The van der Waals surface area contributed by atoms with Gasteiger partial charge in [0, 0.05) is 28.8 Å². The summed E-state index contributed by atoms with van der Waals surface area (Å²) in [6.45, 7) is 2.20. The van der Waals surface area contributed by atoms with Crippen molar-refractivity contribution in [3.05, 3.63) is 73.6 Å². The van der Waals surface area contributed by atoms with Crippen molar-refractivity contribution in [2.75, 3.05) is 6.61 Å². The minimum Gasteiger partial charge on any atom is -0.458 e. The fourth-order valence-electron chi connectivity index (χ4n) is 7.06. The molecule has 16 heteroatoms. The lowest BCUT2D eigenvalue weighted by Crippen LogP contribution is -2.44. The number of fused-ring (bicyclic) bond motifs is 5. The number of alkyl halides is 3. The predicted molar refractivity (Wildman–Crippen MR) is 154 cm³/mol. The van der Waals surface area contributed by atoms with Crippen LogP contribution in [0.25, 0.3) is 22.3 Å². The highest BCUT2D eigenvalue weighted by Gasteiger charge is 2.49. The van der Waals surface area contributed by atoms with E-state index in [0.29, 0.717) is 27.6 Å². The molecule has 12 nitrogen and oxygen atoms in total. The molecule has 246 valence electrons. The van der Waals surface area contributed by atoms with Crippen molar-refractivity contribution in [3.63, 3.8) is 0 Å². The summed E-state index contributed by atoms with van der Waals surface area (Å²) in [7, 11) is 0. The van der Waals surface area contributed by atoms with Gasteiger partial charge in [-0.25, -0.2) is 18.9 Å². The average Bonchev–Trinajstić information content (AvgIpc) is 3.62. The molecule has 0 fully saturated rings. The number of ether oxygens (including phenoxy) is 1. The molecular weight excluding hydrogens is 628 g/mol. The van der Waals surface area contributed by atoms with Gasteiger partial charge < -0.3 is 24.8 Å². The molecule has 1 unspecified atom stereocenters. The van der Waals surface area contributed by atoms with Crippen LogP contribution in [0.5, 0.6) is 0 Å². The molecular formula is C31H28F4N6O6. The van der Waals surface area contributed by atoms with Crippen LogP contribution in [0.4, 0.5) is 17.6 Å². The number of carbonyl (C=O) groups is 2. The van der Waals surface area contributed by atoms with Crippen molar-refractivity contribution in [1.29, 1.82) is 0 Å². The third-order valence-electron chi connectivity index (χ3n) is 9.47. The Morgan fingerprint density at radius 2 is 2.00 bits per heavy atom. The van der Waals surface area contributed by atoms with Crippen molar-refractivity contribution >= 4 is 22.8 Å². The van der Waals surface area contributed by atoms with Gasteiger partial charge in [-0.2, -0.15) is 13.2 Å². The van der Waals surface area contributed by atoms with Gasteiger partial charge in [0.1, 0.15) is 18.1 Å². The van der Waals surface area contributed by atoms with Gasteiger partial charge in [-0.15, -0.1) is 5.10 Å². The number of rotatable bonds is 6. The summed E-state index contributed by atoms with van der Waals surface area (Å²) in [5.41, 5.74) is -0.714. The first-order chi connectivity index (χ1) is 22.3. The summed E-state index contributed by atoms with van der Waals surface area (Å²) < 4.78 is 65.7. The Balaban J connectivity index is 1.39. The zero-order valence-electron chi connectivity index (χ0n) is 25.1. The van der Waals surface area contributed by atoms with Gasteiger partial charge in [-0.3, -0.25) is 9.59 Å². The van der Waals surface area contributed by atoms with E-state index < -0.39 is 59.3 Å². The Kier molecular flexibility index (Phi) is 7.02. The number of nitrogens with one attached hydrogen (secondary N) is 1. The molecule has 2 aliphatic heterocycles. The molecule has 47 heavy (non-hydrogen) atoms. The third-order valence-corrected chi connectivity index (χ3v) is 9.47. The number of aliphatic hydroxyl groups is 2. The third kappa shape index (κ3) is 4.56. The number of benzene rings is 1. The monoisotopic (exact) mass is 656 g/mol. The molecule has 1 aliphatic carbocycles. The number of hydrogen-bond donors (Lipinski definition) is 3. The Morgan fingerprint density at radius 1 is 1.23 bits per heavy atom. The van der Waals surface area contributed by atoms with Crippen molar-refractivity contribution in [1.82, 2.24) is 29.9 Å². The van der Waals surface area contributed by atoms with E-state index in [1.807, 2.05) is 0 Å². The summed E-state index contributed by atoms with van der Waals surface area (Å²) >= 11 is 0. The predicted octanol–water partition coefficient (Wildman–Crippen LogP) is 2.56. The van der Waals surface area contributed by atoms with E-state index in [4.69, 9.17) is 14.8 Å². The summed E-state index contributed by atoms with van der Waals surface area (Å²) in [4.78, 5) is 44.6. The zero-order chi connectivity index (χ0) is 33.6. The molecule has 0 radical (unpaired) electrons. The molecule has 3 aliphatic rings. The van der Waals surface area contributed by atoms with Crippen LogP contribution in [-0.4, -0.2) is 59.4 Å². The van der Waals surface area contributed by atoms with Crippen LogP contribution in [0.1, 0.15) is 70.8 Å². The number of cyclic esters (lactones) is 1. The Bertz CT molecular complexity index is 2070. The van der Waals surface area contributed by atoms with Gasteiger partial charge in [0.25, 0.3) is 5.56 Å². The van der Waals surface area contributed by atoms with Crippen molar-refractivity contribution in [3.8, 4) is 11.4 Å². The molecule has 0 spiro atoms. The summed E-state index contributed by atoms with van der Waals surface area (Å²) in [5, 5.41) is 30.5. The standard InChI is InChI=1S/C31H28F4N6O6/c1-3-30(46)17-8-22-26-15(10-41(22)28(44)16(17)12-47-29(30)45)24-19(5-4-14-13(2)18(32)9-20(36-26)23(14)24)37-27(43)25(31(33,34)35)21-11-40(6-7-42)39-38-21/h8-9,11,19,25,42,46H,3-7,10,12H2,1-2H3,(H,37,43)/t19-,25?,30-/m0/s1. The van der Waals surface area contributed by atoms with Crippen molar-refractivity contribution in [2.45, 2.75) is 76.5 Å². The number of aromatic nitrogens is 5. The largest absolute Gasteiger partial charge is 0.458 e. The topological polar surface area (TPSA) is 161 Å². The van der Waals surface area contributed by atoms with E-state index in [1.54, 1.807) is 13.8 Å². The maximum atomic E-state index is 15.2. The molecule has 3 atom stereocenters. The van der Waals surface area contributed by atoms with Crippen LogP contribution in [0.3, 0.4) is 0 Å². The second-order valence-electron chi connectivity index (χ2n) is 12.0. The second-order valence-corrected chi connectivity index (χ2v) is 12.0. The zero-order valence-corrected chi connectivity index (χ0v) is 25.1. The van der Waals surface area contributed by atoms with E-state index in [9.17, 15) is 32.7 Å². The van der Waals surface area contributed by atoms with Gasteiger partial charge in [-0.1, -0.05) is 12.1 Å². The first-order valence-electron chi connectivity index (χ1n) is 15.0. The number of hydrogen-bond acceptors (Lipinski definition) is 9. The van der Waals surface area contributed by atoms with Crippen molar-refractivity contribution < 1.29 is 42.1 Å². The highest BCUT2D eigenvalue weighted by Crippen LogP contribution is 2.46. The van der Waals surface area contributed by atoms with E-state index >= 15 is 4.39 Å². The van der Waals surface area contributed by atoms with E-state index in [0.717, 1.165) is 10.9 Å². The minimum absolute atomic E-state index is 0.0683. The SMILES string of the molecule is CC[C@@]1(O)C(=O)OCc2c1cc1n(c2=O)Cc2c-1nc1cc(F)c(C)c3c1c2[C@@H](NC(=O)C(c1cn(CCO)nn1)C(F)(F)F)CC3. The molecule has 1 amide bonds. The van der Waals surface area contributed by atoms with Crippen LogP contribution >= 0.6 is 0 Å². The molecule has 0 saturated heterocycles. The number of nitrogens with zero attached hydrogens (tertiary/aromatic N) is 5. The fourth-order valence-corrected chi connectivity index (χ4v) is 7.06. The Hall–Kier alpha value is -4.70. The van der Waals surface area contributed by atoms with E-state index in [1.165, 1.54) is 16.7 Å². The highest BCUT2D eigenvalue weighted by atomic mass is 19.4. The number of halogens is 4. The van der Waals surface area contributed by atoms with Gasteiger partial charge in [0.05, 0.1) is 48.2 Å². The molecule has 3 N–H and O–H groups in total. The maximum absolute atomic E-state index is 15.2. The average molecular weight is 657 g/mol. The van der Waals surface area contributed by atoms with Crippen molar-refractivity contribution in [2.24, 2.45) is 0 Å². The first-order valence-corrected chi connectivity index (χ1v) is 15.0. The molecule has 0 bridgehead atoms. The number of pyridine rings is 2. The quantitative estimate of drug-likeness (QED) is 0.184. The molecule has 4 aromatic rings. The van der Waals surface area contributed by atoms with Gasteiger partial charge in [0.2, 0.25) is 5.91 Å². The Labute approximate surface area is 263 Å². The molecule has 1 aromatic carbocycles. The van der Waals surface area contributed by atoms with E-state index in [-0.39, 0.29) is 67.0 Å². The van der Waals surface area contributed by atoms with Gasteiger partial charge >= 0.3 is 12.1 Å². The molecule has 7 rings (SSSR count).